The number of nitrogens with two attached hydrogens (primary N) is 1. The molecule has 1 heterocycles. The Labute approximate surface area is 651 Å². The summed E-state index contributed by atoms with van der Waals surface area (Å²) in [7, 11) is -32.4. The average molecular weight is 1760 g/mol. The molecule has 0 spiro atoms. The van der Waals surface area contributed by atoms with E-state index in [2.05, 4.69) is 46.3 Å². The van der Waals surface area contributed by atoms with Crippen LogP contribution in [0.15, 0.2) is 60.8 Å². The fourth-order valence-corrected chi connectivity index (χ4v) is 13.9. The molecule has 2 aromatic carbocycles. The van der Waals surface area contributed by atoms with Gasteiger partial charge in [-0.2, -0.15) is 11.8 Å². The number of carboxylic acid groups (broad SMARTS) is 1. The van der Waals surface area contributed by atoms with Crippen LogP contribution in [0.1, 0.15) is 97.1 Å². The summed E-state index contributed by atoms with van der Waals surface area (Å²) in [6.45, 7) is 6.48. The van der Waals surface area contributed by atoms with Crippen molar-refractivity contribution < 1.29 is 167 Å². The average Bonchev–Trinajstić information content (AvgIpc) is 1.62. The van der Waals surface area contributed by atoms with E-state index in [1.54, 1.807) is 5.32 Å². The number of nitrogens with zero attached hydrogens (tertiary/aromatic N) is 1. The Hall–Kier alpha value is -8.27. The summed E-state index contributed by atoms with van der Waals surface area (Å²) in [5.74, 6) is -22.6. The molecule has 11 atom stereocenters. The lowest BCUT2D eigenvalue weighted by atomic mass is 9.99. The third-order valence-electron chi connectivity index (χ3n) is 15.6. The monoisotopic (exact) mass is 1760 g/mol. The van der Waals surface area contributed by atoms with Crippen molar-refractivity contribution in [3.8, 4) is 0 Å². The molecule has 0 radical (unpaired) electrons. The van der Waals surface area contributed by atoms with E-state index in [0.717, 1.165) is 24.9 Å². The topological polar surface area (TPSA) is 798 Å². The number of benzene rings is 2. The highest BCUT2D eigenvalue weighted by atomic mass is 32.2. The minimum Gasteiger partial charge on any atom is -0.480 e. The second-order valence-electron chi connectivity index (χ2n) is 25.9. The Balaban J connectivity index is 2.23. The molecule has 114 heavy (non-hydrogen) atoms. The molecule has 49 nitrogen and oxygen atoms in total. The van der Waals surface area contributed by atoms with Gasteiger partial charge < -0.3 is 112 Å². The van der Waals surface area contributed by atoms with Gasteiger partial charge in [0.15, 0.2) is 6.04 Å². The first-order valence-corrected chi connectivity index (χ1v) is 44.2. The van der Waals surface area contributed by atoms with E-state index in [9.17, 15) is 139 Å². The molecule has 0 bridgehead atoms. The molecule has 0 aliphatic carbocycles. The molecule has 638 valence electrons. The number of hydrogen-bond acceptors (Lipinski definition) is 24. The first-order chi connectivity index (χ1) is 52.4. The van der Waals surface area contributed by atoms with Gasteiger partial charge in [-0.25, -0.2) is 32.2 Å². The van der Waals surface area contributed by atoms with Crippen LogP contribution < -0.4 is 68.8 Å². The van der Waals surface area contributed by atoms with E-state index in [1.807, 2.05) is 5.32 Å². The summed E-state index contributed by atoms with van der Waals surface area (Å²) >= 11 is 1.06. The van der Waals surface area contributed by atoms with Gasteiger partial charge in [0.2, 0.25) is 70.9 Å². The van der Waals surface area contributed by atoms with Crippen molar-refractivity contribution in [2.45, 2.75) is 165 Å². The minimum absolute atomic E-state index is 0.0197. The Morgan fingerprint density at radius 3 is 1.39 bits per heavy atom. The Kier molecular flexibility index (Phi) is 38.7. The third kappa shape index (κ3) is 37.1. The molecule has 0 saturated heterocycles. The van der Waals surface area contributed by atoms with Crippen molar-refractivity contribution in [3.05, 3.63) is 71.9 Å². The highest BCUT2D eigenvalue weighted by Crippen LogP contribution is 2.43. The number of para-hydroxylation sites is 1. The van der Waals surface area contributed by atoms with Crippen LogP contribution in [0.25, 0.3) is 10.9 Å². The number of aromatic nitrogens is 1. The van der Waals surface area contributed by atoms with Crippen LogP contribution in [-0.2, 0) is 116 Å². The fourth-order valence-electron chi connectivity index (χ4n) is 10.5. The van der Waals surface area contributed by atoms with E-state index in [-0.39, 0.29) is 34.2 Å². The number of amides is 12. The van der Waals surface area contributed by atoms with Crippen LogP contribution in [0.5, 0.6) is 0 Å². The van der Waals surface area contributed by atoms with Crippen molar-refractivity contribution in [1.29, 1.82) is 0 Å². The molecular formula is C58H90N14O35P6S. The lowest BCUT2D eigenvalue weighted by molar-refractivity contribution is -0.145. The van der Waals surface area contributed by atoms with Gasteiger partial charge in [-0.3, -0.25) is 96.2 Å². The molecule has 27 N–H and O–H groups in total. The molecule has 0 saturated carbocycles. The highest BCUT2D eigenvalue weighted by Gasteiger charge is 2.41. The summed E-state index contributed by atoms with van der Waals surface area (Å²) in [4.78, 5) is 308. The number of carboxylic acids is 1. The van der Waals surface area contributed by atoms with Crippen LogP contribution in [0.3, 0.4) is 0 Å². The van der Waals surface area contributed by atoms with E-state index >= 15 is 9.59 Å². The van der Waals surface area contributed by atoms with E-state index in [4.69, 9.17) is 15.5 Å². The maximum atomic E-state index is 15.2. The molecular weight excluding hydrogens is 1670 g/mol. The maximum absolute atomic E-state index is 15.2. The molecule has 12 amide bonds. The number of phosphoric ester groups is 2. The van der Waals surface area contributed by atoms with Gasteiger partial charge >= 0.3 is 58.6 Å². The van der Waals surface area contributed by atoms with Gasteiger partial charge in [-0.05, 0) is 73.6 Å². The Morgan fingerprint density at radius 1 is 0.465 bits per heavy atom. The van der Waals surface area contributed by atoms with Gasteiger partial charge in [-0.15, -0.1) is 0 Å². The van der Waals surface area contributed by atoms with E-state index < -0.39 is 266 Å². The predicted octanol–water partition coefficient (Wildman–Crippen LogP) is -5.30. The van der Waals surface area contributed by atoms with Crippen molar-refractivity contribution in [2.24, 2.45) is 17.6 Å². The van der Waals surface area contributed by atoms with Gasteiger partial charge in [0.25, 0.3) is 0 Å². The number of carbonyl (C=O) groups excluding carboxylic acids is 13. The zero-order valence-corrected chi connectivity index (χ0v) is 67.2. The van der Waals surface area contributed by atoms with Crippen LogP contribution in [0, 0.1) is 11.8 Å². The van der Waals surface area contributed by atoms with Crippen LogP contribution in [-0.4, -0.2) is 230 Å². The maximum Gasteiger partial charge on any atom is 0.526 e. The number of carbonyl (C=O) groups is 14. The SMILES string of the molecule is CSCC[C@H](NC(=O)[C@H](CC(C)C)NC(=O)[C@H](Cc1cn(P(=O)(O)O)c2ccccc12)NC(=O)[C@H](CCC(=O)NP(=O)(O)O)NC(=O)[C@@H](NC(=O)[C@H](Cc1ccccc1)NC(=O)[C@H](CC(=O)OP(=O)(O)O)NC(=O)[C@@H](N)CCC(=O)NP(=O)(O)O)C(C)C)C(=O)N[C@@H](CC(=O)NP(=O)(O)O)C(=O)N[C@H](C(=O)O)[C@@H](C)OP(=O)(O)O. The van der Waals surface area contributed by atoms with Crippen LogP contribution in [0.2, 0.25) is 0 Å². The number of thioether (sulfide) groups is 1. The number of hydrogen-bond donors (Lipinski definition) is 26. The summed E-state index contributed by atoms with van der Waals surface area (Å²) in [6, 6.07) is -7.90. The summed E-state index contributed by atoms with van der Waals surface area (Å²) in [6.07, 6.45) is -8.15. The largest absolute Gasteiger partial charge is 0.526 e. The van der Waals surface area contributed by atoms with Gasteiger partial charge in [0, 0.05) is 37.3 Å². The Bertz CT molecular complexity index is 4300. The van der Waals surface area contributed by atoms with Crippen LogP contribution in [0.4, 0.5) is 0 Å². The second-order valence-corrected chi connectivity index (χ2v) is 34.6. The Morgan fingerprint density at radius 2 is 0.886 bits per heavy atom. The second kappa shape index (κ2) is 44.2. The molecule has 3 aromatic rings. The van der Waals surface area contributed by atoms with Gasteiger partial charge in [-0.1, -0.05) is 76.2 Å². The lowest BCUT2D eigenvalue weighted by Crippen LogP contribution is -2.62. The summed E-state index contributed by atoms with van der Waals surface area (Å²) < 4.78 is 80.0. The van der Waals surface area contributed by atoms with Gasteiger partial charge in [0.1, 0.15) is 48.3 Å². The van der Waals surface area contributed by atoms with Crippen LogP contribution >= 0.6 is 58.4 Å². The number of fused-ring (bicyclic) bond motifs is 1. The standard InChI is InChI=1S/C58H90N14O35P6S/c1-28(2)22-37(52(80)60-36(20-21-114-6)51(79)66-40(25-45(75)71-110(94,95)96)56(84)68-48(58(86)87)30(5)106-112(100,101)102)63-53(81)39(24-32-27-72(111(97,98)99)42-15-11-10-14-33(32)42)65-50(78)35(17-19-44(74)70-109(91,92)93)61-57(85)47(29(3)4)67-55(83)38(23-31-12-8-7-9-13-31)64-54(82)41(26-46(76)107-113(103,104)105)62-49(77)34(59)16-18-43(73)69-108(88,89)90/h7-15,27-30,34-41,47-48H,16-26,59H2,1-6H3,(H,60,80)(H,61,85)(H,62,77)(H,63,81)(H,64,82)(H,65,78)(H,66,79)(H,67,83)(H,68,84)(H,86,87)(H2,97,98,99)(H2,100,101,102)(H2,103,104,105)(H3,69,73,88,89,90)(H3,70,74,91,92,93)(H3,71,75,94,95,96)/t30-,34+,35+,36+,37+,38+,39+,40+,41+,47+,48+/m1/s1. The lowest BCUT2D eigenvalue weighted by Gasteiger charge is -2.29. The van der Waals surface area contributed by atoms with Crippen molar-refractivity contribution >= 4 is 152 Å². The first kappa shape index (κ1) is 99.9. The molecule has 56 heteroatoms. The first-order valence-electron chi connectivity index (χ1n) is 33.4. The normalized spacial score (nSPS) is 15.1. The quantitative estimate of drug-likeness (QED) is 0.0235. The molecule has 0 fully saturated rings. The summed E-state index contributed by atoms with van der Waals surface area (Å²) in [5.41, 5.74) is 5.82. The fraction of sp³-hybridized carbons (Fsp3) is 0.517. The van der Waals surface area contributed by atoms with E-state index in [0.29, 0.717) is 4.34 Å². The third-order valence-corrected chi connectivity index (χ3v) is 19.8. The van der Waals surface area contributed by atoms with Crippen molar-refractivity contribution in [3.63, 3.8) is 0 Å². The minimum atomic E-state index is -5.67. The predicted molar refractivity (Wildman–Crippen MR) is 392 cm³/mol. The molecule has 1 aromatic heterocycles. The zero-order valence-electron chi connectivity index (χ0n) is 61.0. The zero-order chi connectivity index (χ0) is 86.9. The molecule has 0 unspecified atom stereocenters. The van der Waals surface area contributed by atoms with E-state index in [1.165, 1.54) is 104 Å². The number of phosphoric acid groups is 2. The smallest absolute Gasteiger partial charge is 0.480 e. The van der Waals surface area contributed by atoms with Crippen molar-refractivity contribution in [1.82, 2.24) is 67.5 Å². The highest BCUT2D eigenvalue weighted by molar-refractivity contribution is 7.98. The number of nitrogens with one attached hydrogen (secondary N) is 12. The number of aliphatic carboxylic acids is 1. The summed E-state index contributed by atoms with van der Waals surface area (Å²) in [5, 5.41) is 33.7. The number of rotatable bonds is 47. The molecule has 0 aliphatic heterocycles. The molecule has 3 rings (SSSR count). The molecule has 0 aliphatic rings. The van der Waals surface area contributed by atoms with Gasteiger partial charge in [0.05, 0.1) is 30.5 Å². The van der Waals surface area contributed by atoms with Crippen molar-refractivity contribution in [2.75, 3.05) is 12.0 Å².